The van der Waals surface area contributed by atoms with E-state index in [-0.39, 0.29) is 23.3 Å². The van der Waals surface area contributed by atoms with Gasteiger partial charge in [0.2, 0.25) is 12.3 Å². The number of amides is 2. The first kappa shape index (κ1) is 27.0. The standard InChI is InChI=1S/C26H27FN6O3.C2H6/c1-32(24(31-30-15-34)10-16-8-9-33(13-16)26(36)17-2-3-17)23-7-5-18(11-21(23)27)19-4-6-20-22(12-19)28-14-29-25(20)35;1-2/h4-7,11-12,14-17H,2-3,8-10,13H2,1H3,(H,30,34)(H,28,29,35);1-2H3/b31-24-;. The fourth-order valence-electron chi connectivity index (χ4n) is 4.75. The van der Waals surface area contributed by atoms with Gasteiger partial charge in [-0.25, -0.2) is 14.8 Å². The monoisotopic (exact) mass is 520 g/mol. The maximum absolute atomic E-state index is 15.3. The number of hydrogen-bond acceptors (Lipinski definition) is 5. The molecule has 5 rings (SSSR count). The van der Waals surface area contributed by atoms with Gasteiger partial charge in [0.05, 0.1) is 22.9 Å². The lowest BCUT2D eigenvalue weighted by Crippen LogP contribution is -2.33. The van der Waals surface area contributed by atoms with Gasteiger partial charge in [-0.1, -0.05) is 26.0 Å². The number of nitrogens with zero attached hydrogens (tertiary/aromatic N) is 4. The SMILES string of the molecule is CC.CN(/C(CC1CCN(C(=O)C2CC2)C1)=N\NC=O)c1ccc(-c2ccc3c(=O)[nH]cnc3c2)cc1F. The van der Waals surface area contributed by atoms with Crippen molar-refractivity contribution in [1.82, 2.24) is 20.3 Å². The van der Waals surface area contributed by atoms with Crippen LogP contribution in [0.1, 0.15) is 39.5 Å². The third-order valence-corrected chi connectivity index (χ3v) is 6.91. The predicted molar refractivity (Wildman–Crippen MR) is 146 cm³/mol. The summed E-state index contributed by atoms with van der Waals surface area (Å²) in [4.78, 5) is 45.5. The van der Waals surface area contributed by atoms with E-state index < -0.39 is 5.82 Å². The molecule has 0 bridgehead atoms. The maximum atomic E-state index is 15.3. The van der Waals surface area contributed by atoms with Crippen molar-refractivity contribution >= 4 is 34.7 Å². The summed E-state index contributed by atoms with van der Waals surface area (Å²) in [6, 6.07) is 10.1. The summed E-state index contributed by atoms with van der Waals surface area (Å²) < 4.78 is 15.3. The quantitative estimate of drug-likeness (QED) is 0.213. The maximum Gasteiger partial charge on any atom is 0.258 e. The Hall–Kier alpha value is -4.08. The van der Waals surface area contributed by atoms with Crippen molar-refractivity contribution in [2.24, 2.45) is 16.9 Å². The third kappa shape index (κ3) is 5.90. The second kappa shape index (κ2) is 12.0. The Morgan fingerprint density at radius 3 is 2.66 bits per heavy atom. The molecule has 0 radical (unpaired) electrons. The molecule has 2 fully saturated rings. The highest BCUT2D eigenvalue weighted by Gasteiger charge is 2.37. The summed E-state index contributed by atoms with van der Waals surface area (Å²) in [5.41, 5.74) is 4.32. The number of H-pyrrole nitrogens is 1. The van der Waals surface area contributed by atoms with Crippen LogP contribution in [0.3, 0.4) is 0 Å². The Bertz CT molecular complexity index is 1400. The summed E-state index contributed by atoms with van der Waals surface area (Å²) in [6.45, 7) is 5.36. The Morgan fingerprint density at radius 2 is 1.95 bits per heavy atom. The highest BCUT2D eigenvalue weighted by atomic mass is 19.1. The van der Waals surface area contributed by atoms with E-state index in [1.54, 1.807) is 42.3 Å². The smallest absolute Gasteiger partial charge is 0.258 e. The Kier molecular flexibility index (Phi) is 8.50. The van der Waals surface area contributed by atoms with Gasteiger partial charge in [-0.05, 0) is 60.6 Å². The summed E-state index contributed by atoms with van der Waals surface area (Å²) in [6.07, 6.45) is 5.10. The van der Waals surface area contributed by atoms with Crippen LogP contribution in [0.2, 0.25) is 0 Å². The molecule has 0 spiro atoms. The summed E-state index contributed by atoms with van der Waals surface area (Å²) in [5.74, 6) is 0.643. The minimum absolute atomic E-state index is 0.179. The number of hydrogen-bond donors (Lipinski definition) is 2. The molecule has 1 atom stereocenters. The molecular formula is C28H33FN6O3. The second-order valence-electron chi connectivity index (χ2n) is 9.38. The van der Waals surface area contributed by atoms with E-state index in [1.807, 2.05) is 18.7 Å². The molecule has 2 heterocycles. The first-order chi connectivity index (χ1) is 18.4. The van der Waals surface area contributed by atoms with Gasteiger partial charge in [0.1, 0.15) is 11.7 Å². The lowest BCUT2D eigenvalue weighted by atomic mass is 10.0. The van der Waals surface area contributed by atoms with E-state index in [9.17, 15) is 14.4 Å². The van der Waals surface area contributed by atoms with Gasteiger partial charge in [-0.3, -0.25) is 14.4 Å². The largest absolute Gasteiger partial charge is 0.342 e. The average Bonchev–Trinajstić information content (AvgIpc) is 3.69. The molecule has 1 aliphatic carbocycles. The molecule has 38 heavy (non-hydrogen) atoms. The Morgan fingerprint density at radius 1 is 1.21 bits per heavy atom. The minimum atomic E-state index is -0.454. The Labute approximate surface area is 220 Å². The van der Waals surface area contributed by atoms with Crippen molar-refractivity contribution in [2.75, 3.05) is 25.0 Å². The number of halogens is 1. The first-order valence-corrected chi connectivity index (χ1v) is 13.0. The summed E-state index contributed by atoms with van der Waals surface area (Å²) in [7, 11) is 1.71. The molecule has 1 aromatic heterocycles. The van der Waals surface area contributed by atoms with E-state index >= 15 is 4.39 Å². The number of aromatic nitrogens is 2. The van der Waals surface area contributed by atoms with Gasteiger partial charge in [-0.2, -0.15) is 5.10 Å². The number of nitrogens with one attached hydrogen (secondary N) is 2. The molecule has 1 saturated heterocycles. The lowest BCUT2D eigenvalue weighted by molar-refractivity contribution is -0.131. The van der Waals surface area contributed by atoms with Crippen LogP contribution in [0.4, 0.5) is 10.1 Å². The van der Waals surface area contributed by atoms with Crippen LogP contribution in [0.5, 0.6) is 0 Å². The van der Waals surface area contributed by atoms with E-state index in [2.05, 4.69) is 20.5 Å². The van der Waals surface area contributed by atoms with Crippen LogP contribution in [0, 0.1) is 17.7 Å². The molecular weight excluding hydrogens is 487 g/mol. The number of fused-ring (bicyclic) bond motifs is 1. The molecule has 1 aliphatic heterocycles. The van der Waals surface area contributed by atoms with Crippen LogP contribution in [0.15, 0.2) is 52.6 Å². The molecule has 2 amide bonds. The van der Waals surface area contributed by atoms with Gasteiger partial charge in [0.15, 0.2) is 0 Å². The molecule has 200 valence electrons. The van der Waals surface area contributed by atoms with Crippen molar-refractivity contribution in [2.45, 2.75) is 39.5 Å². The molecule has 1 saturated carbocycles. The normalized spacial score (nSPS) is 17.1. The highest BCUT2D eigenvalue weighted by Crippen LogP contribution is 2.34. The Balaban J connectivity index is 0.00000164. The van der Waals surface area contributed by atoms with E-state index in [4.69, 9.17) is 0 Å². The topological polar surface area (TPSA) is 111 Å². The average molecular weight is 521 g/mol. The number of benzene rings is 2. The minimum Gasteiger partial charge on any atom is -0.342 e. The third-order valence-electron chi connectivity index (χ3n) is 6.91. The van der Waals surface area contributed by atoms with Gasteiger partial charge in [-0.15, -0.1) is 0 Å². The second-order valence-corrected chi connectivity index (χ2v) is 9.38. The summed E-state index contributed by atoms with van der Waals surface area (Å²) >= 11 is 0. The van der Waals surface area contributed by atoms with Crippen molar-refractivity contribution in [3.05, 3.63) is 58.9 Å². The molecule has 1 unspecified atom stereocenters. The van der Waals surface area contributed by atoms with Gasteiger partial charge >= 0.3 is 0 Å². The zero-order valence-corrected chi connectivity index (χ0v) is 21.9. The van der Waals surface area contributed by atoms with Crippen LogP contribution < -0.4 is 15.9 Å². The van der Waals surface area contributed by atoms with Crippen molar-refractivity contribution < 1.29 is 14.0 Å². The van der Waals surface area contributed by atoms with Crippen LogP contribution in [0.25, 0.3) is 22.0 Å². The molecule has 2 aliphatic rings. The number of likely N-dealkylation sites (tertiary alicyclic amines) is 1. The highest BCUT2D eigenvalue weighted by molar-refractivity contribution is 5.98. The van der Waals surface area contributed by atoms with Gasteiger partial charge in [0.25, 0.3) is 5.56 Å². The number of carbonyl (C=O) groups is 2. The van der Waals surface area contributed by atoms with Gasteiger partial charge in [0, 0.05) is 32.5 Å². The van der Waals surface area contributed by atoms with Crippen molar-refractivity contribution in [3.8, 4) is 11.1 Å². The van der Waals surface area contributed by atoms with Crippen LogP contribution >= 0.6 is 0 Å². The van der Waals surface area contributed by atoms with Crippen molar-refractivity contribution in [3.63, 3.8) is 0 Å². The number of rotatable bonds is 7. The van der Waals surface area contributed by atoms with Crippen LogP contribution in [-0.4, -0.2) is 53.2 Å². The van der Waals surface area contributed by atoms with Crippen molar-refractivity contribution in [1.29, 1.82) is 0 Å². The first-order valence-electron chi connectivity index (χ1n) is 13.0. The number of aromatic amines is 1. The molecule has 3 aromatic rings. The number of hydrazone groups is 1. The zero-order valence-electron chi connectivity index (χ0n) is 21.9. The number of anilines is 1. The van der Waals surface area contributed by atoms with E-state index in [0.29, 0.717) is 53.9 Å². The van der Waals surface area contributed by atoms with Gasteiger partial charge < -0.3 is 14.8 Å². The lowest BCUT2D eigenvalue weighted by Gasteiger charge is -2.24. The van der Waals surface area contributed by atoms with E-state index in [0.717, 1.165) is 24.8 Å². The molecule has 2 N–H and O–H groups in total. The summed E-state index contributed by atoms with van der Waals surface area (Å²) in [5, 5.41) is 4.64. The predicted octanol–water partition coefficient (Wildman–Crippen LogP) is 3.90. The molecule has 10 heteroatoms. The zero-order chi connectivity index (χ0) is 27.2. The number of amidine groups is 1. The fourth-order valence-corrected chi connectivity index (χ4v) is 4.75. The van der Waals surface area contributed by atoms with E-state index in [1.165, 1.54) is 12.4 Å². The van der Waals surface area contributed by atoms with Crippen LogP contribution in [-0.2, 0) is 9.59 Å². The molecule has 9 nitrogen and oxygen atoms in total. The molecule has 2 aromatic carbocycles. The number of carbonyl (C=O) groups excluding carboxylic acids is 2. The fraction of sp³-hybridized carbons (Fsp3) is 0.393.